The lowest BCUT2D eigenvalue weighted by molar-refractivity contribution is 0.317. The molecule has 5 heteroatoms. The first-order chi connectivity index (χ1) is 10.6. The minimum absolute atomic E-state index is 0.231. The minimum Gasteiger partial charge on any atom is -0.490 e. The van der Waals surface area contributed by atoms with Crippen molar-refractivity contribution in [3.05, 3.63) is 63.4 Å². The molecule has 0 unspecified atom stereocenters. The first kappa shape index (κ1) is 17.1. The van der Waals surface area contributed by atoms with Crippen molar-refractivity contribution in [3.8, 4) is 5.75 Å². The molecular weight excluding hydrogens is 324 g/mol. The Hall–Kier alpha value is -1.29. The van der Waals surface area contributed by atoms with Crippen LogP contribution in [0.4, 0.5) is 4.39 Å². The average molecular weight is 342 g/mol. The molecule has 0 aliphatic carbocycles. The molecule has 2 rings (SSSR count). The summed E-state index contributed by atoms with van der Waals surface area (Å²) in [5.74, 6) is 0.303. The molecule has 22 heavy (non-hydrogen) atoms. The molecular formula is C17H18Cl2FNO. The van der Waals surface area contributed by atoms with Gasteiger partial charge in [0.05, 0.1) is 16.7 Å². The van der Waals surface area contributed by atoms with Gasteiger partial charge in [-0.05, 0) is 41.8 Å². The maximum absolute atomic E-state index is 12.8. The lowest BCUT2D eigenvalue weighted by atomic mass is 10.2. The van der Waals surface area contributed by atoms with E-state index in [1.165, 1.54) is 12.1 Å². The molecule has 0 heterocycles. The molecule has 0 aliphatic rings. The predicted molar refractivity (Wildman–Crippen MR) is 89.2 cm³/mol. The highest BCUT2D eigenvalue weighted by Crippen LogP contribution is 2.34. The summed E-state index contributed by atoms with van der Waals surface area (Å²) in [6, 6.07) is 10.1. The summed E-state index contributed by atoms with van der Waals surface area (Å²) in [7, 11) is 0. The SMILES string of the molecule is CCCOc1c(Cl)cc(CNCc2ccc(F)cc2)cc1Cl. The molecule has 1 N–H and O–H groups in total. The van der Waals surface area contributed by atoms with Gasteiger partial charge in [0.2, 0.25) is 0 Å². The van der Waals surface area contributed by atoms with E-state index in [2.05, 4.69) is 5.32 Å². The van der Waals surface area contributed by atoms with Gasteiger partial charge in [-0.25, -0.2) is 4.39 Å². The van der Waals surface area contributed by atoms with Gasteiger partial charge in [0, 0.05) is 13.1 Å². The molecule has 0 atom stereocenters. The van der Waals surface area contributed by atoms with Crippen molar-refractivity contribution in [1.29, 1.82) is 0 Å². The predicted octanol–water partition coefficient (Wildman–Crippen LogP) is 5.21. The van der Waals surface area contributed by atoms with E-state index >= 15 is 0 Å². The molecule has 2 aromatic carbocycles. The van der Waals surface area contributed by atoms with Gasteiger partial charge in [-0.1, -0.05) is 42.3 Å². The molecule has 2 aromatic rings. The average Bonchev–Trinajstić information content (AvgIpc) is 2.48. The molecule has 0 bridgehead atoms. The molecule has 0 fully saturated rings. The van der Waals surface area contributed by atoms with Crippen LogP contribution in [-0.4, -0.2) is 6.61 Å². The zero-order valence-corrected chi connectivity index (χ0v) is 13.8. The van der Waals surface area contributed by atoms with Gasteiger partial charge in [0.1, 0.15) is 5.82 Å². The zero-order chi connectivity index (χ0) is 15.9. The fourth-order valence-electron chi connectivity index (χ4n) is 2.01. The van der Waals surface area contributed by atoms with Crippen LogP contribution in [0.2, 0.25) is 10.0 Å². The van der Waals surface area contributed by atoms with Gasteiger partial charge in [0.25, 0.3) is 0 Å². The van der Waals surface area contributed by atoms with Crippen LogP contribution in [0.15, 0.2) is 36.4 Å². The quantitative estimate of drug-likeness (QED) is 0.746. The van der Waals surface area contributed by atoms with E-state index in [4.69, 9.17) is 27.9 Å². The van der Waals surface area contributed by atoms with Gasteiger partial charge in [-0.3, -0.25) is 0 Å². The molecule has 0 spiro atoms. The highest BCUT2D eigenvalue weighted by atomic mass is 35.5. The van der Waals surface area contributed by atoms with Crippen molar-refractivity contribution in [2.75, 3.05) is 6.61 Å². The number of hydrogen-bond acceptors (Lipinski definition) is 2. The fourth-order valence-corrected chi connectivity index (χ4v) is 2.65. The number of ether oxygens (including phenoxy) is 1. The lowest BCUT2D eigenvalue weighted by Crippen LogP contribution is -2.12. The van der Waals surface area contributed by atoms with Crippen LogP contribution in [-0.2, 0) is 13.1 Å². The van der Waals surface area contributed by atoms with Crippen LogP contribution in [0.1, 0.15) is 24.5 Å². The van der Waals surface area contributed by atoms with Crippen molar-refractivity contribution in [3.63, 3.8) is 0 Å². The van der Waals surface area contributed by atoms with Crippen molar-refractivity contribution in [2.24, 2.45) is 0 Å². The number of benzene rings is 2. The van der Waals surface area contributed by atoms with E-state index in [9.17, 15) is 4.39 Å². The Balaban J connectivity index is 1.94. The molecule has 0 saturated heterocycles. The smallest absolute Gasteiger partial charge is 0.156 e. The van der Waals surface area contributed by atoms with Crippen molar-refractivity contribution < 1.29 is 9.13 Å². The van der Waals surface area contributed by atoms with E-state index in [-0.39, 0.29) is 5.82 Å². The fraction of sp³-hybridized carbons (Fsp3) is 0.294. The van der Waals surface area contributed by atoms with E-state index in [0.717, 1.165) is 17.5 Å². The van der Waals surface area contributed by atoms with E-state index in [1.807, 2.05) is 19.1 Å². The Morgan fingerprint density at radius 3 is 2.18 bits per heavy atom. The second kappa shape index (κ2) is 8.37. The summed E-state index contributed by atoms with van der Waals surface area (Å²) in [6.45, 7) is 3.87. The molecule has 0 aromatic heterocycles. The summed E-state index contributed by atoms with van der Waals surface area (Å²) in [5.41, 5.74) is 1.99. The number of rotatable bonds is 7. The normalized spacial score (nSPS) is 10.7. The third-order valence-corrected chi connectivity index (χ3v) is 3.64. The number of nitrogens with one attached hydrogen (secondary N) is 1. The van der Waals surface area contributed by atoms with Crippen LogP contribution < -0.4 is 10.1 Å². The van der Waals surface area contributed by atoms with Crippen molar-refractivity contribution >= 4 is 23.2 Å². The monoisotopic (exact) mass is 341 g/mol. The maximum atomic E-state index is 12.8. The highest BCUT2D eigenvalue weighted by Gasteiger charge is 2.09. The third-order valence-electron chi connectivity index (χ3n) is 3.08. The first-order valence-corrected chi connectivity index (χ1v) is 7.91. The Bertz CT molecular complexity index is 594. The first-order valence-electron chi connectivity index (χ1n) is 7.16. The topological polar surface area (TPSA) is 21.3 Å². The molecule has 0 amide bonds. The lowest BCUT2D eigenvalue weighted by Gasteiger charge is -2.12. The highest BCUT2D eigenvalue weighted by molar-refractivity contribution is 6.37. The summed E-state index contributed by atoms with van der Waals surface area (Å²) in [5, 5.41) is 4.30. The van der Waals surface area contributed by atoms with Gasteiger partial charge >= 0.3 is 0 Å². The van der Waals surface area contributed by atoms with Crippen LogP contribution in [0.25, 0.3) is 0 Å². The van der Waals surface area contributed by atoms with Gasteiger partial charge in [-0.2, -0.15) is 0 Å². The summed E-state index contributed by atoms with van der Waals surface area (Å²) in [6.07, 6.45) is 0.896. The zero-order valence-electron chi connectivity index (χ0n) is 12.3. The van der Waals surface area contributed by atoms with E-state index in [0.29, 0.717) is 35.5 Å². The van der Waals surface area contributed by atoms with Gasteiger partial charge in [0.15, 0.2) is 5.75 Å². The molecule has 0 radical (unpaired) electrons. The molecule has 0 aliphatic heterocycles. The van der Waals surface area contributed by atoms with E-state index in [1.54, 1.807) is 12.1 Å². The third kappa shape index (κ3) is 4.87. The summed E-state index contributed by atoms with van der Waals surface area (Å²) in [4.78, 5) is 0. The Morgan fingerprint density at radius 2 is 1.59 bits per heavy atom. The van der Waals surface area contributed by atoms with Gasteiger partial charge < -0.3 is 10.1 Å². The van der Waals surface area contributed by atoms with Crippen LogP contribution in [0, 0.1) is 5.82 Å². The Labute approximate surface area is 140 Å². The largest absolute Gasteiger partial charge is 0.490 e. The van der Waals surface area contributed by atoms with Crippen LogP contribution in [0.3, 0.4) is 0 Å². The van der Waals surface area contributed by atoms with Crippen LogP contribution in [0.5, 0.6) is 5.75 Å². The summed E-state index contributed by atoms with van der Waals surface area (Å²) < 4.78 is 18.4. The molecule has 2 nitrogen and oxygen atoms in total. The van der Waals surface area contributed by atoms with Crippen molar-refractivity contribution in [1.82, 2.24) is 5.32 Å². The van der Waals surface area contributed by atoms with E-state index < -0.39 is 0 Å². The number of hydrogen-bond donors (Lipinski definition) is 1. The standard InChI is InChI=1S/C17H18Cl2FNO/c1-2-7-22-17-15(18)8-13(9-16(17)19)11-21-10-12-3-5-14(20)6-4-12/h3-6,8-9,21H,2,7,10-11H2,1H3. The maximum Gasteiger partial charge on any atom is 0.156 e. The second-order valence-corrected chi connectivity index (χ2v) is 5.78. The van der Waals surface area contributed by atoms with Gasteiger partial charge in [-0.15, -0.1) is 0 Å². The Morgan fingerprint density at radius 1 is 1.00 bits per heavy atom. The minimum atomic E-state index is -0.231. The number of halogens is 3. The Kier molecular flexibility index (Phi) is 6.49. The second-order valence-electron chi connectivity index (χ2n) is 4.97. The molecule has 118 valence electrons. The van der Waals surface area contributed by atoms with Crippen LogP contribution >= 0.6 is 23.2 Å². The summed E-state index contributed by atoms with van der Waals surface area (Å²) >= 11 is 12.4. The van der Waals surface area contributed by atoms with Crippen molar-refractivity contribution in [2.45, 2.75) is 26.4 Å². The molecule has 0 saturated carbocycles.